The van der Waals surface area contributed by atoms with Gasteiger partial charge in [0.15, 0.2) is 11.5 Å². The van der Waals surface area contributed by atoms with Crippen LogP contribution in [-0.2, 0) is 4.79 Å². The van der Waals surface area contributed by atoms with Crippen molar-refractivity contribution in [3.8, 4) is 11.5 Å². The predicted molar refractivity (Wildman–Crippen MR) is 88.8 cm³/mol. The van der Waals surface area contributed by atoms with Crippen LogP contribution in [0.15, 0.2) is 48.5 Å². The zero-order valence-electron chi connectivity index (χ0n) is 12.9. The second-order valence-corrected chi connectivity index (χ2v) is 5.96. The maximum absolute atomic E-state index is 13.1. The molecule has 1 amide bonds. The zero-order chi connectivity index (χ0) is 17.1. The SMILES string of the molecule is O=C(C=Cc1ccc(O)c(O)c1)NC(c1ccc(F)cc1)C1CC1. The van der Waals surface area contributed by atoms with Crippen molar-refractivity contribution in [2.24, 2.45) is 5.92 Å². The summed E-state index contributed by atoms with van der Waals surface area (Å²) in [5.74, 6) is -0.623. The minimum Gasteiger partial charge on any atom is -0.504 e. The molecule has 0 radical (unpaired) electrons. The highest BCUT2D eigenvalue weighted by atomic mass is 19.1. The Bertz CT molecular complexity index is 767. The molecule has 1 unspecified atom stereocenters. The van der Waals surface area contributed by atoms with Gasteiger partial charge in [-0.1, -0.05) is 18.2 Å². The van der Waals surface area contributed by atoms with E-state index in [1.165, 1.54) is 30.3 Å². The summed E-state index contributed by atoms with van der Waals surface area (Å²) in [5, 5.41) is 21.7. The highest BCUT2D eigenvalue weighted by Gasteiger charge is 2.33. The van der Waals surface area contributed by atoms with Crippen LogP contribution in [0.3, 0.4) is 0 Å². The van der Waals surface area contributed by atoms with Gasteiger partial charge < -0.3 is 15.5 Å². The molecule has 0 aliphatic heterocycles. The molecule has 2 aromatic rings. The number of phenols is 2. The Morgan fingerprint density at radius 3 is 2.46 bits per heavy atom. The van der Waals surface area contributed by atoms with E-state index in [-0.39, 0.29) is 29.3 Å². The van der Waals surface area contributed by atoms with Gasteiger partial charge in [-0.05, 0) is 60.2 Å². The molecule has 0 heterocycles. The topological polar surface area (TPSA) is 69.6 Å². The van der Waals surface area contributed by atoms with Crippen molar-refractivity contribution in [3.63, 3.8) is 0 Å². The van der Waals surface area contributed by atoms with Gasteiger partial charge in [-0.15, -0.1) is 0 Å². The molecule has 1 saturated carbocycles. The molecular formula is C19H18FNO3. The third-order valence-corrected chi connectivity index (χ3v) is 4.05. The largest absolute Gasteiger partial charge is 0.504 e. The molecule has 24 heavy (non-hydrogen) atoms. The summed E-state index contributed by atoms with van der Waals surface area (Å²) in [7, 11) is 0. The highest BCUT2D eigenvalue weighted by Crippen LogP contribution is 2.41. The van der Waals surface area contributed by atoms with Crippen LogP contribution in [0.25, 0.3) is 6.08 Å². The molecule has 1 aliphatic carbocycles. The van der Waals surface area contributed by atoms with Gasteiger partial charge in [0.25, 0.3) is 0 Å². The van der Waals surface area contributed by atoms with Gasteiger partial charge in [-0.2, -0.15) is 0 Å². The quantitative estimate of drug-likeness (QED) is 0.581. The summed E-state index contributed by atoms with van der Waals surface area (Å²) in [6.07, 6.45) is 5.02. The average Bonchev–Trinajstić information content (AvgIpc) is 3.39. The Labute approximate surface area is 139 Å². The fraction of sp³-hybridized carbons (Fsp3) is 0.211. The van der Waals surface area contributed by atoms with Crippen molar-refractivity contribution in [3.05, 3.63) is 65.5 Å². The Morgan fingerprint density at radius 1 is 1.12 bits per heavy atom. The summed E-state index contributed by atoms with van der Waals surface area (Å²) in [6, 6.07) is 10.4. The molecule has 1 atom stereocenters. The van der Waals surface area contributed by atoms with E-state index in [1.54, 1.807) is 24.3 Å². The Balaban J connectivity index is 1.68. The van der Waals surface area contributed by atoms with E-state index in [0.29, 0.717) is 11.5 Å². The number of hydrogen-bond donors (Lipinski definition) is 3. The van der Waals surface area contributed by atoms with Crippen LogP contribution in [0, 0.1) is 11.7 Å². The van der Waals surface area contributed by atoms with E-state index in [1.807, 2.05) is 0 Å². The Hall–Kier alpha value is -2.82. The van der Waals surface area contributed by atoms with Crippen molar-refractivity contribution in [1.82, 2.24) is 5.32 Å². The van der Waals surface area contributed by atoms with Gasteiger partial charge in [0.1, 0.15) is 5.82 Å². The fourth-order valence-electron chi connectivity index (χ4n) is 2.59. The first kappa shape index (κ1) is 16.1. The number of phenolic OH excluding ortho intramolecular Hbond substituents is 2. The first-order chi connectivity index (χ1) is 11.5. The number of rotatable bonds is 5. The van der Waals surface area contributed by atoms with E-state index in [2.05, 4.69) is 5.32 Å². The van der Waals surface area contributed by atoms with Crippen molar-refractivity contribution in [2.45, 2.75) is 18.9 Å². The number of hydrogen-bond acceptors (Lipinski definition) is 3. The molecule has 124 valence electrons. The van der Waals surface area contributed by atoms with Crippen molar-refractivity contribution in [1.29, 1.82) is 0 Å². The molecule has 3 N–H and O–H groups in total. The van der Waals surface area contributed by atoms with Crippen LogP contribution >= 0.6 is 0 Å². The van der Waals surface area contributed by atoms with Crippen LogP contribution in [0.5, 0.6) is 11.5 Å². The maximum atomic E-state index is 13.1. The number of carbonyl (C=O) groups is 1. The number of carbonyl (C=O) groups excluding carboxylic acids is 1. The van der Waals surface area contributed by atoms with E-state index < -0.39 is 0 Å². The number of aromatic hydroxyl groups is 2. The minimum absolute atomic E-state index is 0.129. The standard InChI is InChI=1S/C19H18FNO3/c20-15-7-5-14(6-8-15)19(13-3-4-13)21-18(24)10-2-12-1-9-16(22)17(23)11-12/h1-2,5-11,13,19,22-23H,3-4H2,(H,21,24). The lowest BCUT2D eigenvalue weighted by molar-refractivity contribution is -0.117. The number of amides is 1. The molecule has 0 bridgehead atoms. The van der Waals surface area contributed by atoms with E-state index in [4.69, 9.17) is 0 Å². The van der Waals surface area contributed by atoms with Crippen LogP contribution < -0.4 is 5.32 Å². The van der Waals surface area contributed by atoms with Gasteiger partial charge in [0.05, 0.1) is 6.04 Å². The maximum Gasteiger partial charge on any atom is 0.244 e. The van der Waals surface area contributed by atoms with Crippen molar-refractivity contribution < 1.29 is 19.4 Å². The molecule has 1 fully saturated rings. The van der Waals surface area contributed by atoms with E-state index in [0.717, 1.165) is 18.4 Å². The summed E-state index contributed by atoms with van der Waals surface area (Å²) < 4.78 is 13.1. The molecule has 1 aliphatic rings. The molecule has 0 aromatic heterocycles. The number of benzene rings is 2. The monoisotopic (exact) mass is 327 g/mol. The van der Waals surface area contributed by atoms with E-state index in [9.17, 15) is 19.4 Å². The first-order valence-electron chi connectivity index (χ1n) is 7.79. The highest BCUT2D eigenvalue weighted by molar-refractivity contribution is 5.92. The second kappa shape index (κ2) is 6.74. The summed E-state index contributed by atoms with van der Waals surface area (Å²) in [5.41, 5.74) is 1.49. The molecule has 3 rings (SSSR count). The Morgan fingerprint density at radius 2 is 1.83 bits per heavy atom. The lowest BCUT2D eigenvalue weighted by Crippen LogP contribution is -2.28. The molecule has 0 saturated heterocycles. The molecule has 2 aromatic carbocycles. The van der Waals surface area contributed by atoms with Gasteiger partial charge in [0, 0.05) is 6.08 Å². The number of nitrogens with one attached hydrogen (secondary N) is 1. The Kier molecular flexibility index (Phi) is 4.51. The number of halogens is 1. The zero-order valence-corrected chi connectivity index (χ0v) is 12.9. The lowest BCUT2D eigenvalue weighted by Gasteiger charge is -2.17. The smallest absolute Gasteiger partial charge is 0.244 e. The first-order valence-corrected chi connectivity index (χ1v) is 7.79. The summed E-state index contributed by atoms with van der Waals surface area (Å²) in [6.45, 7) is 0. The van der Waals surface area contributed by atoms with Crippen molar-refractivity contribution in [2.75, 3.05) is 0 Å². The summed E-state index contributed by atoms with van der Waals surface area (Å²) in [4.78, 5) is 12.2. The van der Waals surface area contributed by atoms with Crippen molar-refractivity contribution >= 4 is 12.0 Å². The van der Waals surface area contributed by atoms with Gasteiger partial charge in [-0.25, -0.2) is 4.39 Å². The van der Waals surface area contributed by atoms with Crippen LogP contribution in [0.1, 0.15) is 30.0 Å². The fourth-order valence-corrected chi connectivity index (χ4v) is 2.59. The second-order valence-electron chi connectivity index (χ2n) is 5.96. The van der Waals surface area contributed by atoms with Gasteiger partial charge in [-0.3, -0.25) is 4.79 Å². The van der Waals surface area contributed by atoms with Gasteiger partial charge in [0.2, 0.25) is 5.91 Å². The minimum atomic E-state index is -0.299. The van der Waals surface area contributed by atoms with Crippen LogP contribution in [-0.4, -0.2) is 16.1 Å². The molecule has 0 spiro atoms. The molecule has 4 nitrogen and oxygen atoms in total. The van der Waals surface area contributed by atoms with Crippen LogP contribution in [0.2, 0.25) is 0 Å². The molecular weight excluding hydrogens is 309 g/mol. The molecule has 5 heteroatoms. The predicted octanol–water partition coefficient (Wildman–Crippen LogP) is 3.52. The normalized spacial score (nSPS) is 15.4. The summed E-state index contributed by atoms with van der Waals surface area (Å²) >= 11 is 0. The third kappa shape index (κ3) is 3.93. The van der Waals surface area contributed by atoms with Crippen LogP contribution in [0.4, 0.5) is 4.39 Å². The lowest BCUT2D eigenvalue weighted by atomic mass is 10.0. The third-order valence-electron chi connectivity index (χ3n) is 4.05. The van der Waals surface area contributed by atoms with Gasteiger partial charge >= 0.3 is 0 Å². The average molecular weight is 327 g/mol. The van der Waals surface area contributed by atoms with E-state index >= 15 is 0 Å².